The predicted octanol–water partition coefficient (Wildman–Crippen LogP) is 18.3. The van der Waals surface area contributed by atoms with Crippen molar-refractivity contribution in [3.05, 3.63) is 134 Å². The lowest BCUT2D eigenvalue weighted by atomic mass is 10.1. The molecule has 1 atom stereocenters. The molecule has 0 radical (unpaired) electrons. The molecule has 0 fully saturated rings. The average molecular weight is 911 g/mol. The molecule has 0 aromatic rings. The molecular weight excluding hydrogens is 813 g/mol. The van der Waals surface area contributed by atoms with E-state index < -0.39 is 6.10 Å². The highest BCUT2D eigenvalue weighted by molar-refractivity contribution is 5.70. The summed E-state index contributed by atoms with van der Waals surface area (Å²) in [5.74, 6) is -0.463. The van der Waals surface area contributed by atoms with E-state index in [1.807, 2.05) is 0 Å². The van der Waals surface area contributed by atoms with Gasteiger partial charge in [-0.25, -0.2) is 0 Å². The maximum absolute atomic E-state index is 12.8. The van der Waals surface area contributed by atoms with E-state index in [1.54, 1.807) is 0 Å². The molecule has 66 heavy (non-hydrogen) atoms. The maximum Gasteiger partial charge on any atom is 0.306 e. The van der Waals surface area contributed by atoms with Gasteiger partial charge in [0, 0.05) is 19.4 Å². The van der Waals surface area contributed by atoms with E-state index in [2.05, 4.69) is 154 Å². The molecule has 0 saturated carbocycles. The molecule has 0 saturated heterocycles. The lowest BCUT2D eigenvalue weighted by molar-refractivity contribution is -0.163. The van der Waals surface area contributed by atoms with Crippen molar-refractivity contribution < 1.29 is 23.8 Å². The Morgan fingerprint density at radius 3 is 1.02 bits per heavy atom. The van der Waals surface area contributed by atoms with E-state index in [0.717, 1.165) is 154 Å². The van der Waals surface area contributed by atoms with E-state index in [4.69, 9.17) is 14.2 Å². The number of hydrogen-bond donors (Lipinski definition) is 0. The summed E-state index contributed by atoms with van der Waals surface area (Å²) >= 11 is 0. The molecule has 0 aliphatic carbocycles. The Kier molecular flexibility index (Phi) is 52.0. The van der Waals surface area contributed by atoms with Crippen molar-refractivity contribution in [2.24, 2.45) is 0 Å². The van der Waals surface area contributed by atoms with Crippen LogP contribution in [-0.4, -0.2) is 37.9 Å². The van der Waals surface area contributed by atoms with Crippen LogP contribution in [0.3, 0.4) is 0 Å². The van der Waals surface area contributed by atoms with E-state index in [0.29, 0.717) is 19.4 Å². The van der Waals surface area contributed by atoms with Gasteiger partial charge in [0.05, 0.1) is 6.61 Å². The number of carbonyl (C=O) groups is 2. The SMILES string of the molecule is CC/C=C\C/C=C\C/C=C\C/C=C\CCCCCCC(=O)OCC(COCCCCC/C=C\C/C=C\C/C=C\C/C=C\CC)OC(=O)CCCCCCCCC/C=C\C/C=C\C/C=C\CC. The molecule has 0 aromatic heterocycles. The quantitative estimate of drug-likeness (QED) is 0.0346. The topological polar surface area (TPSA) is 61.8 Å². The molecule has 0 spiro atoms. The second-order valence-electron chi connectivity index (χ2n) is 17.0. The van der Waals surface area contributed by atoms with Gasteiger partial charge < -0.3 is 14.2 Å². The molecule has 0 rings (SSSR count). The number of unbranched alkanes of at least 4 members (excludes halogenated alkanes) is 14. The average Bonchev–Trinajstić information content (AvgIpc) is 3.32. The molecular formula is C61H98O5. The van der Waals surface area contributed by atoms with Crippen LogP contribution in [-0.2, 0) is 23.8 Å². The monoisotopic (exact) mass is 911 g/mol. The fourth-order valence-electron chi connectivity index (χ4n) is 6.80. The van der Waals surface area contributed by atoms with Crippen molar-refractivity contribution in [3.8, 4) is 0 Å². The van der Waals surface area contributed by atoms with Crippen LogP contribution in [0.1, 0.15) is 213 Å². The molecule has 1 unspecified atom stereocenters. The van der Waals surface area contributed by atoms with E-state index in [-0.39, 0.29) is 25.2 Å². The van der Waals surface area contributed by atoms with Crippen LogP contribution in [0.5, 0.6) is 0 Å². The Hall–Kier alpha value is -3.96. The second-order valence-corrected chi connectivity index (χ2v) is 17.0. The van der Waals surface area contributed by atoms with Gasteiger partial charge in [-0.2, -0.15) is 0 Å². The second kappa shape index (κ2) is 55.4. The predicted molar refractivity (Wildman–Crippen MR) is 288 cm³/mol. The Labute approximate surface area is 407 Å². The van der Waals surface area contributed by atoms with Crippen LogP contribution in [0, 0.1) is 0 Å². The lowest BCUT2D eigenvalue weighted by Gasteiger charge is -2.18. The summed E-state index contributed by atoms with van der Waals surface area (Å²) in [7, 11) is 0. The molecule has 5 heteroatoms. The van der Waals surface area contributed by atoms with Crippen LogP contribution in [0.25, 0.3) is 0 Å². The standard InChI is InChI=1S/C61H98O5/c1-4-7-10-13-16-19-22-25-28-31-33-36-39-42-45-48-51-54-60(62)65-58-59(57-64-56-53-50-47-44-41-38-35-30-27-24-21-18-15-12-9-6-3)66-61(63)55-52-49-46-43-40-37-34-32-29-26-23-20-17-14-11-8-5-2/h7-12,16-21,25-30,33,36,38,41,59H,4-6,13-15,22-24,31-32,34-35,37,39-40,42-58H2,1-3H3/b10-7-,11-8-,12-9-,19-16-,20-17-,21-18-,28-25-,29-26-,30-27-,36-33-,41-38-. The minimum absolute atomic E-state index is 0.0464. The van der Waals surface area contributed by atoms with Crippen molar-refractivity contribution in [2.75, 3.05) is 19.8 Å². The summed E-state index contributed by atoms with van der Waals surface area (Å²) < 4.78 is 17.4. The van der Waals surface area contributed by atoms with Crippen LogP contribution in [0.15, 0.2) is 134 Å². The summed E-state index contributed by atoms with van der Waals surface area (Å²) in [5.41, 5.74) is 0. The Morgan fingerprint density at radius 2 is 0.636 bits per heavy atom. The highest BCUT2D eigenvalue weighted by Gasteiger charge is 2.17. The molecule has 0 amide bonds. The molecule has 5 nitrogen and oxygen atoms in total. The van der Waals surface area contributed by atoms with Gasteiger partial charge in [0.1, 0.15) is 6.61 Å². The fourth-order valence-corrected chi connectivity index (χ4v) is 6.80. The molecule has 0 heterocycles. The van der Waals surface area contributed by atoms with Gasteiger partial charge in [0.15, 0.2) is 6.10 Å². The van der Waals surface area contributed by atoms with Crippen LogP contribution in [0.4, 0.5) is 0 Å². The summed E-state index contributed by atoms with van der Waals surface area (Å²) in [6, 6.07) is 0. The fraction of sp³-hybridized carbons (Fsp3) is 0.607. The minimum Gasteiger partial charge on any atom is -0.462 e. The first-order chi connectivity index (χ1) is 32.6. The smallest absolute Gasteiger partial charge is 0.306 e. The zero-order valence-corrected chi connectivity index (χ0v) is 42.7. The van der Waals surface area contributed by atoms with Gasteiger partial charge in [0.2, 0.25) is 0 Å². The zero-order chi connectivity index (χ0) is 47.7. The number of allylic oxidation sites excluding steroid dienone is 22. The van der Waals surface area contributed by atoms with Gasteiger partial charge in [-0.3, -0.25) is 9.59 Å². The molecule has 372 valence electrons. The van der Waals surface area contributed by atoms with Gasteiger partial charge in [0.25, 0.3) is 0 Å². The van der Waals surface area contributed by atoms with Gasteiger partial charge >= 0.3 is 11.9 Å². The molecule has 0 aliphatic rings. The third-order valence-corrected chi connectivity index (χ3v) is 10.7. The van der Waals surface area contributed by atoms with Gasteiger partial charge in [-0.1, -0.05) is 206 Å². The number of carbonyl (C=O) groups excluding carboxylic acids is 2. The van der Waals surface area contributed by atoms with E-state index >= 15 is 0 Å². The number of esters is 2. The minimum atomic E-state index is -0.579. The van der Waals surface area contributed by atoms with Gasteiger partial charge in [-0.05, 0) is 128 Å². The summed E-state index contributed by atoms with van der Waals surface area (Å²) in [5, 5.41) is 0. The van der Waals surface area contributed by atoms with Crippen LogP contribution in [0.2, 0.25) is 0 Å². The highest BCUT2D eigenvalue weighted by atomic mass is 16.6. The third-order valence-electron chi connectivity index (χ3n) is 10.7. The first-order valence-electron chi connectivity index (χ1n) is 26.7. The van der Waals surface area contributed by atoms with E-state index in [1.165, 1.54) is 25.7 Å². The van der Waals surface area contributed by atoms with Crippen molar-refractivity contribution in [1.82, 2.24) is 0 Å². The largest absolute Gasteiger partial charge is 0.462 e. The van der Waals surface area contributed by atoms with Crippen molar-refractivity contribution in [1.29, 1.82) is 0 Å². The first-order valence-corrected chi connectivity index (χ1v) is 26.7. The number of hydrogen-bond acceptors (Lipinski definition) is 5. The third kappa shape index (κ3) is 52.7. The molecule has 0 N–H and O–H groups in total. The molecule has 0 aromatic carbocycles. The van der Waals surface area contributed by atoms with E-state index in [9.17, 15) is 9.59 Å². The van der Waals surface area contributed by atoms with Crippen molar-refractivity contribution in [2.45, 2.75) is 219 Å². The molecule has 0 aliphatic heterocycles. The maximum atomic E-state index is 12.8. The summed E-state index contributed by atoms with van der Waals surface area (Å²) in [4.78, 5) is 25.5. The highest BCUT2D eigenvalue weighted by Crippen LogP contribution is 2.13. The van der Waals surface area contributed by atoms with Gasteiger partial charge in [-0.15, -0.1) is 0 Å². The summed E-state index contributed by atoms with van der Waals surface area (Å²) in [6.45, 7) is 7.37. The summed E-state index contributed by atoms with van der Waals surface area (Å²) in [6.07, 6.45) is 78.9. The Bertz CT molecular complexity index is 1400. The Balaban J connectivity index is 4.43. The Morgan fingerprint density at radius 1 is 0.333 bits per heavy atom. The van der Waals surface area contributed by atoms with Crippen molar-refractivity contribution in [3.63, 3.8) is 0 Å². The van der Waals surface area contributed by atoms with Crippen LogP contribution < -0.4 is 0 Å². The first kappa shape index (κ1) is 62.0. The zero-order valence-electron chi connectivity index (χ0n) is 42.7. The lowest BCUT2D eigenvalue weighted by Crippen LogP contribution is -2.30. The van der Waals surface area contributed by atoms with Crippen molar-refractivity contribution >= 4 is 11.9 Å². The normalized spacial score (nSPS) is 13.3. The number of ether oxygens (including phenoxy) is 3. The number of rotatable bonds is 47. The van der Waals surface area contributed by atoms with Crippen LogP contribution >= 0.6 is 0 Å². The molecule has 0 bridgehead atoms.